The zero-order valence-corrected chi connectivity index (χ0v) is 10.7. The average Bonchev–Trinajstić information content (AvgIpc) is 2.18. The van der Waals surface area contributed by atoms with Crippen LogP contribution >= 0.6 is 0 Å². The van der Waals surface area contributed by atoms with Crippen molar-refractivity contribution in [2.75, 3.05) is 13.6 Å². The Morgan fingerprint density at radius 1 is 1.53 bits per heavy atom. The van der Waals surface area contributed by atoms with Crippen molar-refractivity contribution in [1.29, 1.82) is 0 Å². The molecule has 0 spiro atoms. The summed E-state index contributed by atoms with van der Waals surface area (Å²) in [7, 11) is 2.12. The zero-order valence-electron chi connectivity index (χ0n) is 10.7. The Kier molecular flexibility index (Phi) is 3.46. The zero-order chi connectivity index (χ0) is 12.6. The molecular formula is C13H23NO3. The third-order valence-corrected chi connectivity index (χ3v) is 4.55. The molecule has 1 saturated carbocycles. The van der Waals surface area contributed by atoms with Crippen LogP contribution < -0.4 is 0 Å². The number of nitrogens with zero attached hydrogens (tertiary/aromatic N) is 1. The van der Waals surface area contributed by atoms with Crippen molar-refractivity contribution in [3.8, 4) is 0 Å². The minimum absolute atomic E-state index is 0.0576. The molecule has 17 heavy (non-hydrogen) atoms. The molecule has 0 amide bonds. The standard InChI is InChI=1S/C13H23NO3/c1-9(5-12(15)16)6-13(17)7-11-4-3-10(13)8-14(11)2/h9-11,17H,3-8H2,1-2H3,(H,15,16). The van der Waals surface area contributed by atoms with Crippen LogP contribution in [0.2, 0.25) is 0 Å². The van der Waals surface area contributed by atoms with Gasteiger partial charge in [0, 0.05) is 24.9 Å². The Morgan fingerprint density at radius 3 is 2.71 bits per heavy atom. The number of rotatable bonds is 4. The van der Waals surface area contributed by atoms with Crippen molar-refractivity contribution in [3.05, 3.63) is 0 Å². The first-order valence-corrected chi connectivity index (χ1v) is 6.55. The molecule has 0 radical (unpaired) electrons. The largest absolute Gasteiger partial charge is 0.481 e. The summed E-state index contributed by atoms with van der Waals surface area (Å²) in [6, 6.07) is 0.488. The highest BCUT2D eigenvalue weighted by Gasteiger charge is 2.48. The number of carboxylic acids is 1. The van der Waals surface area contributed by atoms with E-state index in [4.69, 9.17) is 5.11 Å². The van der Waals surface area contributed by atoms with E-state index < -0.39 is 11.6 Å². The minimum atomic E-state index is -0.765. The third-order valence-electron chi connectivity index (χ3n) is 4.55. The van der Waals surface area contributed by atoms with Gasteiger partial charge in [0.2, 0.25) is 0 Å². The van der Waals surface area contributed by atoms with Gasteiger partial charge >= 0.3 is 5.97 Å². The molecule has 0 aromatic rings. The van der Waals surface area contributed by atoms with Gasteiger partial charge < -0.3 is 15.1 Å². The fourth-order valence-corrected chi connectivity index (χ4v) is 3.70. The summed E-state index contributed by atoms with van der Waals surface area (Å²) in [6.45, 7) is 2.89. The molecule has 2 aliphatic heterocycles. The van der Waals surface area contributed by atoms with E-state index in [2.05, 4.69) is 11.9 Å². The molecule has 4 heteroatoms. The number of carboxylic acid groups (broad SMARTS) is 1. The Hall–Kier alpha value is -0.610. The maximum atomic E-state index is 10.7. The highest BCUT2D eigenvalue weighted by molar-refractivity contribution is 5.66. The summed E-state index contributed by atoms with van der Waals surface area (Å²) in [4.78, 5) is 13.0. The highest BCUT2D eigenvalue weighted by atomic mass is 16.4. The lowest BCUT2D eigenvalue weighted by Gasteiger charge is -2.53. The second kappa shape index (κ2) is 4.58. The molecule has 2 saturated heterocycles. The van der Waals surface area contributed by atoms with E-state index in [0.29, 0.717) is 18.4 Å². The number of piperidine rings is 2. The molecule has 4 atom stereocenters. The lowest BCUT2D eigenvalue weighted by molar-refractivity contribution is -0.143. The quantitative estimate of drug-likeness (QED) is 0.779. The molecule has 4 nitrogen and oxygen atoms in total. The van der Waals surface area contributed by atoms with Crippen molar-refractivity contribution in [2.24, 2.45) is 11.8 Å². The van der Waals surface area contributed by atoms with Crippen LogP contribution in [0, 0.1) is 11.8 Å². The molecule has 98 valence electrons. The average molecular weight is 241 g/mol. The molecule has 2 bridgehead atoms. The van der Waals surface area contributed by atoms with Gasteiger partial charge in [0.15, 0.2) is 0 Å². The Morgan fingerprint density at radius 2 is 2.24 bits per heavy atom. The number of hydrogen-bond acceptors (Lipinski definition) is 3. The first-order chi connectivity index (χ1) is 7.90. The number of fused-ring (bicyclic) bond motifs is 3. The van der Waals surface area contributed by atoms with Gasteiger partial charge in [0.1, 0.15) is 0 Å². The molecule has 2 N–H and O–H groups in total. The second-order valence-corrected chi connectivity index (χ2v) is 6.08. The van der Waals surface area contributed by atoms with Crippen molar-refractivity contribution >= 4 is 5.97 Å². The van der Waals surface area contributed by atoms with Gasteiger partial charge in [-0.2, -0.15) is 0 Å². The van der Waals surface area contributed by atoms with Gasteiger partial charge in [-0.1, -0.05) is 6.92 Å². The number of hydrogen-bond donors (Lipinski definition) is 2. The number of aliphatic hydroxyl groups is 1. The lowest BCUT2D eigenvalue weighted by atomic mass is 9.66. The smallest absolute Gasteiger partial charge is 0.303 e. The highest BCUT2D eigenvalue weighted by Crippen LogP contribution is 2.44. The van der Waals surface area contributed by atoms with Crippen LogP contribution in [0.3, 0.4) is 0 Å². The van der Waals surface area contributed by atoms with Crippen LogP contribution in [0.15, 0.2) is 0 Å². The number of aliphatic carboxylic acids is 1. The molecule has 0 aromatic heterocycles. The molecular weight excluding hydrogens is 218 g/mol. The Labute approximate surface area is 103 Å². The van der Waals surface area contributed by atoms with Gasteiger partial charge in [-0.15, -0.1) is 0 Å². The minimum Gasteiger partial charge on any atom is -0.481 e. The lowest BCUT2D eigenvalue weighted by Crippen LogP contribution is -2.59. The molecule has 3 fully saturated rings. The fourth-order valence-electron chi connectivity index (χ4n) is 3.70. The molecule has 3 aliphatic rings. The predicted molar refractivity (Wildman–Crippen MR) is 64.7 cm³/mol. The fraction of sp³-hybridized carbons (Fsp3) is 0.923. The molecule has 1 aliphatic carbocycles. The monoisotopic (exact) mass is 241 g/mol. The van der Waals surface area contributed by atoms with Gasteiger partial charge in [0.25, 0.3) is 0 Å². The van der Waals surface area contributed by atoms with E-state index >= 15 is 0 Å². The van der Waals surface area contributed by atoms with Gasteiger partial charge in [-0.05, 0) is 38.6 Å². The maximum Gasteiger partial charge on any atom is 0.303 e. The molecule has 4 unspecified atom stereocenters. The van der Waals surface area contributed by atoms with Gasteiger partial charge in [-0.3, -0.25) is 4.79 Å². The third kappa shape index (κ3) is 2.63. The molecule has 0 aromatic carbocycles. The summed E-state index contributed by atoms with van der Waals surface area (Å²) in [5.41, 5.74) is -0.621. The van der Waals surface area contributed by atoms with Crippen molar-refractivity contribution in [3.63, 3.8) is 0 Å². The topological polar surface area (TPSA) is 60.8 Å². The van der Waals surface area contributed by atoms with Crippen LogP contribution in [0.5, 0.6) is 0 Å². The van der Waals surface area contributed by atoms with Crippen LogP contribution in [0.1, 0.15) is 39.0 Å². The summed E-state index contributed by atoms with van der Waals surface area (Å²) in [5, 5.41) is 19.5. The van der Waals surface area contributed by atoms with Crippen LogP contribution in [-0.2, 0) is 4.79 Å². The van der Waals surface area contributed by atoms with E-state index in [1.54, 1.807) is 0 Å². The van der Waals surface area contributed by atoms with Crippen molar-refractivity contribution in [1.82, 2.24) is 4.90 Å². The van der Waals surface area contributed by atoms with Crippen LogP contribution in [0.25, 0.3) is 0 Å². The Balaban J connectivity index is 1.98. The molecule has 3 rings (SSSR count). The van der Waals surface area contributed by atoms with E-state index in [9.17, 15) is 9.90 Å². The number of carbonyl (C=O) groups is 1. The van der Waals surface area contributed by atoms with E-state index in [1.165, 1.54) is 6.42 Å². The van der Waals surface area contributed by atoms with E-state index in [-0.39, 0.29) is 12.3 Å². The van der Waals surface area contributed by atoms with E-state index in [0.717, 1.165) is 19.4 Å². The normalized spacial score (nSPS) is 39.2. The summed E-state index contributed by atoms with van der Waals surface area (Å²) in [5.74, 6) is -0.380. The van der Waals surface area contributed by atoms with Crippen molar-refractivity contribution < 1.29 is 15.0 Å². The SMILES string of the molecule is CC(CC(=O)O)CC1(O)CC2CCC1CN2C. The summed E-state index contributed by atoms with van der Waals surface area (Å²) in [6.07, 6.45) is 3.88. The predicted octanol–water partition coefficient (Wildman–Crippen LogP) is 1.33. The van der Waals surface area contributed by atoms with Gasteiger partial charge in [-0.25, -0.2) is 0 Å². The summed E-state index contributed by atoms with van der Waals surface area (Å²) >= 11 is 0. The first kappa shape index (κ1) is 12.8. The summed E-state index contributed by atoms with van der Waals surface area (Å²) < 4.78 is 0. The van der Waals surface area contributed by atoms with Gasteiger partial charge in [0.05, 0.1) is 5.60 Å². The maximum absolute atomic E-state index is 10.7. The second-order valence-electron chi connectivity index (χ2n) is 6.08. The van der Waals surface area contributed by atoms with Crippen LogP contribution in [0.4, 0.5) is 0 Å². The van der Waals surface area contributed by atoms with Crippen LogP contribution in [-0.4, -0.2) is 46.3 Å². The molecule has 2 heterocycles. The van der Waals surface area contributed by atoms with E-state index in [1.807, 2.05) is 6.92 Å². The van der Waals surface area contributed by atoms with Crippen molar-refractivity contribution in [2.45, 2.75) is 50.7 Å². The Bertz CT molecular complexity index is 307. The first-order valence-electron chi connectivity index (χ1n) is 6.55.